The summed E-state index contributed by atoms with van der Waals surface area (Å²) in [5.74, 6) is 0. The van der Waals surface area contributed by atoms with Crippen LogP contribution in [0.25, 0.3) is 22.3 Å². The van der Waals surface area contributed by atoms with Crippen LogP contribution >= 0.6 is 0 Å². The number of benzene rings is 1. The molecule has 0 aliphatic heterocycles. The molecule has 0 amide bonds. The van der Waals surface area contributed by atoms with Crippen molar-refractivity contribution in [3.8, 4) is 11.3 Å². The van der Waals surface area contributed by atoms with Crippen molar-refractivity contribution in [1.82, 2.24) is 24.7 Å². The number of aliphatic hydroxyl groups is 1. The average Bonchev–Trinajstić information content (AvgIpc) is 3.30. The topological polar surface area (TPSA) is 79.6 Å². The van der Waals surface area contributed by atoms with Gasteiger partial charge in [0.05, 0.1) is 17.9 Å². The monoisotopic (exact) mass is 319 g/mol. The van der Waals surface area contributed by atoms with Crippen molar-refractivity contribution in [2.75, 3.05) is 0 Å². The molecule has 0 radical (unpaired) electrons. The van der Waals surface area contributed by atoms with Gasteiger partial charge in [0.1, 0.15) is 18.1 Å². The smallest absolute Gasteiger partial charge is 0.141 e. The fraction of sp³-hybridized carbons (Fsp3) is 0.167. The SMILES string of the molecule is CC(C(O)c1ccccc1)n1cc(-c2ncnc3[nH]ccc23)cn1. The van der Waals surface area contributed by atoms with Crippen molar-refractivity contribution in [3.05, 3.63) is 66.9 Å². The predicted octanol–water partition coefficient (Wildman–Crippen LogP) is 3.12. The molecule has 0 saturated carbocycles. The van der Waals surface area contributed by atoms with E-state index in [1.807, 2.05) is 55.7 Å². The number of aliphatic hydroxyl groups excluding tert-OH is 1. The number of aromatic amines is 1. The second-order valence-corrected chi connectivity index (χ2v) is 5.77. The largest absolute Gasteiger partial charge is 0.386 e. The number of nitrogens with zero attached hydrogens (tertiary/aromatic N) is 4. The maximum absolute atomic E-state index is 10.6. The zero-order valence-corrected chi connectivity index (χ0v) is 13.2. The van der Waals surface area contributed by atoms with E-state index >= 15 is 0 Å². The molecule has 0 spiro atoms. The lowest BCUT2D eigenvalue weighted by molar-refractivity contribution is 0.115. The Morgan fingerprint density at radius 2 is 1.96 bits per heavy atom. The van der Waals surface area contributed by atoms with Gasteiger partial charge in [-0.2, -0.15) is 5.10 Å². The summed E-state index contributed by atoms with van der Waals surface area (Å²) >= 11 is 0. The molecular weight excluding hydrogens is 302 g/mol. The van der Waals surface area contributed by atoms with E-state index in [1.54, 1.807) is 10.9 Å². The van der Waals surface area contributed by atoms with Gasteiger partial charge in [-0.3, -0.25) is 4.68 Å². The lowest BCUT2D eigenvalue weighted by atomic mass is 10.0. The molecule has 0 aliphatic rings. The van der Waals surface area contributed by atoms with E-state index in [0.717, 1.165) is 27.9 Å². The van der Waals surface area contributed by atoms with Gasteiger partial charge in [0, 0.05) is 23.3 Å². The zero-order chi connectivity index (χ0) is 16.5. The van der Waals surface area contributed by atoms with Gasteiger partial charge in [0.15, 0.2) is 0 Å². The highest BCUT2D eigenvalue weighted by Gasteiger charge is 2.19. The highest BCUT2D eigenvalue weighted by Crippen LogP contribution is 2.29. The molecule has 0 aliphatic carbocycles. The van der Waals surface area contributed by atoms with Gasteiger partial charge in [0.25, 0.3) is 0 Å². The van der Waals surface area contributed by atoms with Crippen molar-refractivity contribution in [2.24, 2.45) is 0 Å². The van der Waals surface area contributed by atoms with Gasteiger partial charge in [-0.25, -0.2) is 9.97 Å². The molecule has 0 fully saturated rings. The molecule has 120 valence electrons. The van der Waals surface area contributed by atoms with Gasteiger partial charge >= 0.3 is 0 Å². The van der Waals surface area contributed by atoms with Crippen molar-refractivity contribution in [3.63, 3.8) is 0 Å². The molecule has 2 N–H and O–H groups in total. The standard InChI is InChI=1S/C18H17N5O/c1-12(17(24)13-5-3-2-4-6-13)23-10-14(9-22-23)16-15-7-8-19-18(15)21-11-20-16/h2-12,17,24H,1H3,(H,19,20,21). The third kappa shape index (κ3) is 2.47. The minimum absolute atomic E-state index is 0.190. The number of hydrogen-bond acceptors (Lipinski definition) is 4. The van der Waals surface area contributed by atoms with E-state index in [1.165, 1.54) is 6.33 Å². The second-order valence-electron chi connectivity index (χ2n) is 5.77. The van der Waals surface area contributed by atoms with Crippen LogP contribution in [0.3, 0.4) is 0 Å². The number of nitrogens with one attached hydrogen (secondary N) is 1. The van der Waals surface area contributed by atoms with Crippen LogP contribution in [0.4, 0.5) is 0 Å². The fourth-order valence-corrected chi connectivity index (χ4v) is 2.86. The Hall–Kier alpha value is -2.99. The van der Waals surface area contributed by atoms with E-state index in [2.05, 4.69) is 20.1 Å². The van der Waals surface area contributed by atoms with Gasteiger partial charge in [-0.1, -0.05) is 30.3 Å². The first kappa shape index (κ1) is 14.6. The van der Waals surface area contributed by atoms with Crippen molar-refractivity contribution >= 4 is 11.0 Å². The van der Waals surface area contributed by atoms with Crippen LogP contribution < -0.4 is 0 Å². The van der Waals surface area contributed by atoms with Crippen molar-refractivity contribution in [2.45, 2.75) is 19.1 Å². The molecule has 3 aromatic heterocycles. The highest BCUT2D eigenvalue weighted by atomic mass is 16.3. The Bertz CT molecular complexity index is 960. The normalized spacial score (nSPS) is 13.9. The van der Waals surface area contributed by atoms with E-state index in [4.69, 9.17) is 0 Å². The van der Waals surface area contributed by atoms with Crippen LogP contribution in [0.2, 0.25) is 0 Å². The molecule has 6 heteroatoms. The molecule has 2 unspecified atom stereocenters. The van der Waals surface area contributed by atoms with Crippen LogP contribution in [0.5, 0.6) is 0 Å². The van der Waals surface area contributed by atoms with E-state index in [-0.39, 0.29) is 6.04 Å². The maximum atomic E-state index is 10.6. The van der Waals surface area contributed by atoms with E-state index < -0.39 is 6.10 Å². The summed E-state index contributed by atoms with van der Waals surface area (Å²) in [6.45, 7) is 1.94. The number of hydrogen-bond donors (Lipinski definition) is 2. The zero-order valence-electron chi connectivity index (χ0n) is 13.2. The molecule has 0 saturated heterocycles. The summed E-state index contributed by atoms with van der Waals surface area (Å²) in [7, 11) is 0. The predicted molar refractivity (Wildman–Crippen MR) is 91.2 cm³/mol. The molecule has 4 rings (SSSR count). The minimum Gasteiger partial charge on any atom is -0.386 e. The number of H-pyrrole nitrogens is 1. The number of fused-ring (bicyclic) bond motifs is 1. The second kappa shape index (κ2) is 5.90. The minimum atomic E-state index is -0.628. The first-order chi connectivity index (χ1) is 11.7. The number of rotatable bonds is 4. The molecule has 2 atom stereocenters. The summed E-state index contributed by atoms with van der Waals surface area (Å²) in [5.41, 5.74) is 3.39. The van der Waals surface area contributed by atoms with Gasteiger partial charge in [-0.15, -0.1) is 0 Å². The summed E-state index contributed by atoms with van der Waals surface area (Å²) in [6, 6.07) is 11.4. The lowest BCUT2D eigenvalue weighted by Gasteiger charge is -2.19. The van der Waals surface area contributed by atoms with Gasteiger partial charge in [-0.05, 0) is 18.6 Å². The summed E-state index contributed by atoms with van der Waals surface area (Å²) < 4.78 is 1.77. The maximum Gasteiger partial charge on any atom is 0.141 e. The van der Waals surface area contributed by atoms with Crippen LogP contribution in [0.15, 0.2) is 61.3 Å². The van der Waals surface area contributed by atoms with Crippen LogP contribution in [0, 0.1) is 0 Å². The molecule has 3 heterocycles. The lowest BCUT2D eigenvalue weighted by Crippen LogP contribution is -2.15. The van der Waals surface area contributed by atoms with Crippen LogP contribution in [-0.2, 0) is 0 Å². The van der Waals surface area contributed by atoms with Gasteiger partial charge in [0.2, 0.25) is 0 Å². The Morgan fingerprint density at radius 1 is 1.12 bits per heavy atom. The van der Waals surface area contributed by atoms with E-state index in [0.29, 0.717) is 0 Å². The summed E-state index contributed by atoms with van der Waals surface area (Å²) in [4.78, 5) is 11.7. The molecule has 24 heavy (non-hydrogen) atoms. The van der Waals surface area contributed by atoms with E-state index in [9.17, 15) is 5.11 Å². The molecular formula is C18H17N5O. The first-order valence-electron chi connectivity index (χ1n) is 7.79. The molecule has 1 aromatic carbocycles. The Balaban J connectivity index is 1.66. The van der Waals surface area contributed by atoms with Gasteiger partial charge < -0.3 is 10.1 Å². The summed E-state index contributed by atoms with van der Waals surface area (Å²) in [6.07, 6.45) is 6.42. The third-order valence-corrected chi connectivity index (χ3v) is 4.24. The molecule has 0 bridgehead atoms. The quantitative estimate of drug-likeness (QED) is 0.606. The molecule has 4 aromatic rings. The molecule has 6 nitrogen and oxygen atoms in total. The third-order valence-electron chi connectivity index (χ3n) is 4.24. The highest BCUT2D eigenvalue weighted by molar-refractivity contribution is 5.89. The summed E-state index contributed by atoms with van der Waals surface area (Å²) in [5, 5.41) is 15.9. The Kier molecular flexibility index (Phi) is 3.59. The van der Waals surface area contributed by atoms with Crippen LogP contribution in [0.1, 0.15) is 24.6 Å². The van der Waals surface area contributed by atoms with Crippen molar-refractivity contribution < 1.29 is 5.11 Å². The fourth-order valence-electron chi connectivity index (χ4n) is 2.86. The Labute approximate surface area is 138 Å². The first-order valence-corrected chi connectivity index (χ1v) is 7.79. The van der Waals surface area contributed by atoms with Crippen molar-refractivity contribution in [1.29, 1.82) is 0 Å². The number of aromatic nitrogens is 5. The Morgan fingerprint density at radius 3 is 2.79 bits per heavy atom. The average molecular weight is 319 g/mol. The van der Waals surface area contributed by atoms with Crippen LogP contribution in [-0.4, -0.2) is 29.8 Å².